The van der Waals surface area contributed by atoms with Gasteiger partial charge < -0.3 is 5.11 Å². The number of aryl methyl sites for hydroxylation is 2. The Morgan fingerprint density at radius 1 is 1.05 bits per heavy atom. The van der Waals surface area contributed by atoms with Crippen molar-refractivity contribution in [3.8, 4) is 16.9 Å². The largest absolute Gasteiger partial charge is 0.390 e. The van der Waals surface area contributed by atoms with E-state index in [1.807, 2.05) is 26.0 Å². The van der Waals surface area contributed by atoms with Crippen molar-refractivity contribution < 1.29 is 9.50 Å². The van der Waals surface area contributed by atoms with Crippen LogP contribution in [0.25, 0.3) is 16.9 Å². The Balaban J connectivity index is 2.20. The van der Waals surface area contributed by atoms with Crippen molar-refractivity contribution in [2.45, 2.75) is 20.5 Å². The Labute approximate surface area is 127 Å². The molecular formula is C17H16FN3O. The summed E-state index contributed by atoms with van der Waals surface area (Å²) in [6.07, 6.45) is 0. The van der Waals surface area contributed by atoms with E-state index in [0.717, 1.165) is 22.4 Å². The lowest BCUT2D eigenvalue weighted by Crippen LogP contribution is -2.01. The Morgan fingerprint density at radius 3 is 2.27 bits per heavy atom. The second-order valence-corrected chi connectivity index (χ2v) is 5.31. The first-order chi connectivity index (χ1) is 10.6. The van der Waals surface area contributed by atoms with Gasteiger partial charge in [-0.3, -0.25) is 0 Å². The maximum atomic E-state index is 13.2. The van der Waals surface area contributed by atoms with Crippen molar-refractivity contribution in [1.29, 1.82) is 0 Å². The van der Waals surface area contributed by atoms with Crippen LogP contribution in [0.1, 0.15) is 16.8 Å². The molecule has 1 N–H and O–H groups in total. The van der Waals surface area contributed by atoms with Crippen molar-refractivity contribution in [3.05, 3.63) is 65.1 Å². The third kappa shape index (κ3) is 2.63. The summed E-state index contributed by atoms with van der Waals surface area (Å²) in [5, 5.41) is 17.7. The summed E-state index contributed by atoms with van der Waals surface area (Å²) in [7, 11) is 0. The van der Waals surface area contributed by atoms with E-state index in [2.05, 4.69) is 16.4 Å². The second kappa shape index (κ2) is 5.69. The number of hydrogen-bond acceptors (Lipinski definition) is 3. The summed E-state index contributed by atoms with van der Waals surface area (Å²) >= 11 is 0. The monoisotopic (exact) mass is 297 g/mol. The third-order valence-electron chi connectivity index (χ3n) is 3.46. The van der Waals surface area contributed by atoms with Crippen LogP contribution in [0.2, 0.25) is 0 Å². The molecule has 3 rings (SSSR count). The number of rotatable bonds is 3. The van der Waals surface area contributed by atoms with Crippen LogP contribution in [-0.2, 0) is 6.61 Å². The van der Waals surface area contributed by atoms with Crippen molar-refractivity contribution in [1.82, 2.24) is 15.0 Å². The molecule has 2 aromatic carbocycles. The number of aliphatic hydroxyl groups is 1. The zero-order valence-corrected chi connectivity index (χ0v) is 12.4. The Bertz CT molecular complexity index is 789. The molecule has 0 bridgehead atoms. The lowest BCUT2D eigenvalue weighted by atomic mass is 10.1. The third-order valence-corrected chi connectivity index (χ3v) is 3.46. The van der Waals surface area contributed by atoms with Gasteiger partial charge in [-0.15, -0.1) is 5.10 Å². The number of halogens is 1. The Kier molecular flexibility index (Phi) is 3.73. The smallest absolute Gasteiger partial charge is 0.123 e. The molecule has 3 aromatic rings. The van der Waals surface area contributed by atoms with Crippen molar-refractivity contribution >= 4 is 0 Å². The maximum Gasteiger partial charge on any atom is 0.123 e. The van der Waals surface area contributed by atoms with E-state index < -0.39 is 0 Å². The van der Waals surface area contributed by atoms with Crippen LogP contribution in [-0.4, -0.2) is 20.1 Å². The van der Waals surface area contributed by atoms with Crippen LogP contribution in [0.4, 0.5) is 4.39 Å². The quantitative estimate of drug-likeness (QED) is 0.808. The molecular weight excluding hydrogens is 281 g/mol. The van der Waals surface area contributed by atoms with Crippen molar-refractivity contribution in [3.63, 3.8) is 0 Å². The first kappa shape index (κ1) is 14.4. The predicted octanol–water partition coefficient (Wildman–Crippen LogP) is 3.18. The highest BCUT2D eigenvalue weighted by Crippen LogP contribution is 2.26. The van der Waals surface area contributed by atoms with E-state index in [-0.39, 0.29) is 12.4 Å². The van der Waals surface area contributed by atoms with E-state index in [9.17, 15) is 9.50 Å². The van der Waals surface area contributed by atoms with Gasteiger partial charge in [0.15, 0.2) is 0 Å². The summed E-state index contributed by atoms with van der Waals surface area (Å²) in [6, 6.07) is 12.2. The molecule has 1 aromatic heterocycles. The number of nitrogens with zero attached hydrogens (tertiary/aromatic N) is 3. The van der Waals surface area contributed by atoms with Crippen LogP contribution in [0.5, 0.6) is 0 Å². The van der Waals surface area contributed by atoms with Gasteiger partial charge in [0.2, 0.25) is 0 Å². The number of aromatic nitrogens is 3. The Hall–Kier alpha value is -2.53. The van der Waals surface area contributed by atoms with Crippen LogP contribution in [0, 0.1) is 19.7 Å². The molecule has 0 aliphatic rings. The van der Waals surface area contributed by atoms with Gasteiger partial charge in [0.25, 0.3) is 0 Å². The van der Waals surface area contributed by atoms with Gasteiger partial charge in [0, 0.05) is 5.56 Å². The van der Waals surface area contributed by atoms with E-state index in [0.29, 0.717) is 11.4 Å². The predicted molar refractivity (Wildman–Crippen MR) is 82.1 cm³/mol. The fourth-order valence-corrected chi connectivity index (χ4v) is 2.57. The lowest BCUT2D eigenvalue weighted by Gasteiger charge is -2.10. The summed E-state index contributed by atoms with van der Waals surface area (Å²) in [6.45, 7) is 3.80. The first-order valence-corrected chi connectivity index (χ1v) is 6.98. The minimum Gasteiger partial charge on any atom is -0.390 e. The van der Waals surface area contributed by atoms with Gasteiger partial charge in [-0.25, -0.2) is 9.07 Å². The van der Waals surface area contributed by atoms with Gasteiger partial charge in [-0.2, -0.15) is 0 Å². The van der Waals surface area contributed by atoms with Gasteiger partial charge in [0.05, 0.1) is 12.3 Å². The number of benzene rings is 2. The molecule has 0 fully saturated rings. The minimum absolute atomic E-state index is 0.225. The van der Waals surface area contributed by atoms with Gasteiger partial charge in [-0.1, -0.05) is 11.3 Å². The van der Waals surface area contributed by atoms with Crippen LogP contribution >= 0.6 is 0 Å². The van der Waals surface area contributed by atoms with Crippen molar-refractivity contribution in [2.24, 2.45) is 0 Å². The molecule has 0 saturated carbocycles. The SMILES string of the molecule is Cc1cc(C)cc(-n2nnc(CO)c2-c2ccc(F)cc2)c1. The van der Waals surface area contributed by atoms with E-state index in [1.165, 1.54) is 12.1 Å². The van der Waals surface area contributed by atoms with E-state index in [4.69, 9.17) is 0 Å². The molecule has 0 radical (unpaired) electrons. The molecule has 22 heavy (non-hydrogen) atoms. The summed E-state index contributed by atoms with van der Waals surface area (Å²) < 4.78 is 14.8. The number of hydrogen-bond donors (Lipinski definition) is 1. The number of aliphatic hydroxyl groups excluding tert-OH is 1. The molecule has 4 nitrogen and oxygen atoms in total. The standard InChI is InChI=1S/C17H16FN3O/c1-11-7-12(2)9-15(8-11)21-17(16(10-22)19-20-21)13-3-5-14(18)6-4-13/h3-9,22H,10H2,1-2H3. The molecule has 0 spiro atoms. The minimum atomic E-state index is -0.306. The van der Waals surface area contributed by atoms with Gasteiger partial charge >= 0.3 is 0 Å². The Morgan fingerprint density at radius 2 is 1.68 bits per heavy atom. The highest BCUT2D eigenvalue weighted by molar-refractivity contribution is 5.64. The van der Waals surface area contributed by atoms with Gasteiger partial charge in [0.1, 0.15) is 17.2 Å². The average molecular weight is 297 g/mol. The molecule has 112 valence electrons. The average Bonchev–Trinajstić information content (AvgIpc) is 2.91. The molecule has 0 unspecified atom stereocenters. The first-order valence-electron chi connectivity index (χ1n) is 6.98. The molecule has 0 amide bonds. The lowest BCUT2D eigenvalue weighted by molar-refractivity contribution is 0.277. The normalized spacial score (nSPS) is 10.9. The molecule has 0 aliphatic heterocycles. The topological polar surface area (TPSA) is 50.9 Å². The van der Waals surface area contributed by atoms with E-state index in [1.54, 1.807) is 16.8 Å². The molecule has 0 saturated heterocycles. The molecule has 5 heteroatoms. The molecule has 0 atom stereocenters. The molecule has 1 heterocycles. The van der Waals surface area contributed by atoms with Gasteiger partial charge in [-0.05, 0) is 61.4 Å². The second-order valence-electron chi connectivity index (χ2n) is 5.31. The highest BCUT2D eigenvalue weighted by Gasteiger charge is 2.16. The van der Waals surface area contributed by atoms with Crippen LogP contribution in [0.3, 0.4) is 0 Å². The summed E-state index contributed by atoms with van der Waals surface area (Å²) in [5.41, 5.74) is 4.99. The summed E-state index contributed by atoms with van der Waals surface area (Å²) in [4.78, 5) is 0. The fraction of sp³-hybridized carbons (Fsp3) is 0.176. The highest BCUT2D eigenvalue weighted by atomic mass is 19.1. The zero-order valence-electron chi connectivity index (χ0n) is 12.4. The molecule has 0 aliphatic carbocycles. The van der Waals surface area contributed by atoms with E-state index >= 15 is 0 Å². The van der Waals surface area contributed by atoms with Crippen LogP contribution in [0.15, 0.2) is 42.5 Å². The zero-order chi connectivity index (χ0) is 15.7. The summed E-state index contributed by atoms with van der Waals surface area (Å²) in [5.74, 6) is -0.306. The van der Waals surface area contributed by atoms with Crippen LogP contribution < -0.4 is 0 Å². The fourth-order valence-electron chi connectivity index (χ4n) is 2.57. The maximum absolute atomic E-state index is 13.2. The van der Waals surface area contributed by atoms with Crippen molar-refractivity contribution in [2.75, 3.05) is 0 Å².